The highest BCUT2D eigenvalue weighted by atomic mass is 35.5. The molecule has 0 bridgehead atoms. The molecule has 2 amide bonds. The SMILES string of the molecule is O=C1N(c2c(F)c(F)c(F)c(F)c2F)C(=O)C2(Cl)C(c3ccc(OCc4ccccc4)cc3O)C3=CCn4c(=O)n(-c5ccccc5)c(=O)n4C3CC12Cl. The third-order valence-electron chi connectivity index (χ3n) is 10.1. The summed E-state index contributed by atoms with van der Waals surface area (Å²) in [6, 6.07) is 19.3. The lowest BCUT2D eigenvalue weighted by Gasteiger charge is -2.49. The van der Waals surface area contributed by atoms with Crippen LogP contribution in [0.3, 0.4) is 0 Å². The van der Waals surface area contributed by atoms with E-state index in [-0.39, 0.29) is 40.6 Å². The van der Waals surface area contributed by atoms with Gasteiger partial charge >= 0.3 is 11.4 Å². The molecule has 1 aromatic heterocycles. The number of phenols is 1. The number of aromatic hydroxyl groups is 1. The highest BCUT2D eigenvalue weighted by Crippen LogP contribution is 2.65. The second-order valence-corrected chi connectivity index (χ2v) is 14.1. The van der Waals surface area contributed by atoms with Crippen LogP contribution in [0.1, 0.15) is 29.5 Å². The lowest BCUT2D eigenvalue weighted by molar-refractivity contribution is -0.122. The fourth-order valence-corrected chi connectivity index (χ4v) is 8.48. The number of carbonyl (C=O) groups is 2. The van der Waals surface area contributed by atoms with Crippen molar-refractivity contribution in [3.05, 3.63) is 152 Å². The van der Waals surface area contributed by atoms with Crippen molar-refractivity contribution in [2.24, 2.45) is 0 Å². The maximum absolute atomic E-state index is 15.3. The van der Waals surface area contributed by atoms with Gasteiger partial charge in [-0.25, -0.2) is 50.4 Å². The molecular weight excluding hydrogens is 762 g/mol. The quantitative estimate of drug-likeness (QED) is 0.0567. The average molecular weight is 786 g/mol. The van der Waals surface area contributed by atoms with Crippen molar-refractivity contribution in [1.82, 2.24) is 13.9 Å². The van der Waals surface area contributed by atoms with Crippen LogP contribution in [0.15, 0.2) is 100 Å². The number of carbonyl (C=O) groups excluding carboxylic acids is 2. The van der Waals surface area contributed by atoms with E-state index in [0.717, 1.165) is 19.5 Å². The summed E-state index contributed by atoms with van der Waals surface area (Å²) in [5.41, 5.74) is -2.71. The maximum Gasteiger partial charge on any atom is 0.352 e. The van der Waals surface area contributed by atoms with Crippen molar-refractivity contribution in [2.75, 3.05) is 4.90 Å². The Bertz CT molecular complexity index is 2550. The first-order valence-corrected chi connectivity index (χ1v) is 17.0. The molecule has 1 saturated heterocycles. The number of allylic oxidation sites excluding steroid dienone is 2. The van der Waals surface area contributed by atoms with Crippen LogP contribution in [-0.4, -0.2) is 40.6 Å². The Kier molecular flexibility index (Phi) is 8.15. The van der Waals surface area contributed by atoms with E-state index in [1.54, 1.807) is 42.5 Å². The third-order valence-corrected chi connectivity index (χ3v) is 11.5. The molecular formula is C37H23Cl2F5N4O6. The smallest absolute Gasteiger partial charge is 0.352 e. The number of alkyl halides is 2. The van der Waals surface area contributed by atoms with Gasteiger partial charge in [-0.1, -0.05) is 60.7 Å². The molecule has 1 aliphatic carbocycles. The van der Waals surface area contributed by atoms with Crippen LogP contribution in [-0.2, 0) is 22.7 Å². The molecule has 0 spiro atoms. The van der Waals surface area contributed by atoms with Gasteiger partial charge < -0.3 is 9.84 Å². The predicted octanol–water partition coefficient (Wildman–Crippen LogP) is 5.98. The number of ether oxygens (including phenoxy) is 1. The number of imide groups is 1. The topological polar surface area (TPSA) is 116 Å². The van der Waals surface area contributed by atoms with Gasteiger partial charge in [0.2, 0.25) is 5.82 Å². The summed E-state index contributed by atoms with van der Waals surface area (Å²) in [4.78, 5) is 50.7. The number of hydrogen-bond donors (Lipinski definition) is 1. The Morgan fingerprint density at radius 3 is 2.02 bits per heavy atom. The number of rotatable bonds is 6. The molecule has 2 fully saturated rings. The van der Waals surface area contributed by atoms with Gasteiger partial charge in [-0.15, -0.1) is 23.2 Å². The van der Waals surface area contributed by atoms with Crippen LogP contribution >= 0.6 is 23.2 Å². The minimum atomic E-state index is -2.83. The van der Waals surface area contributed by atoms with Crippen LogP contribution in [0, 0.1) is 29.1 Å². The average Bonchev–Trinajstić information content (AvgIpc) is 3.51. The van der Waals surface area contributed by atoms with Gasteiger partial charge in [0.25, 0.3) is 11.8 Å². The fraction of sp³-hybridized carbons (Fsp3) is 0.189. The zero-order chi connectivity index (χ0) is 38.4. The van der Waals surface area contributed by atoms with E-state index in [1.165, 1.54) is 36.4 Å². The molecule has 276 valence electrons. The van der Waals surface area contributed by atoms with E-state index >= 15 is 8.78 Å². The van der Waals surface area contributed by atoms with Gasteiger partial charge in [0, 0.05) is 24.0 Å². The molecule has 17 heteroatoms. The van der Waals surface area contributed by atoms with E-state index in [0.29, 0.717) is 0 Å². The number of aromatic nitrogens is 3. The van der Waals surface area contributed by atoms with Gasteiger partial charge in [0.15, 0.2) is 33.0 Å². The van der Waals surface area contributed by atoms with E-state index < -0.39 is 91.8 Å². The van der Waals surface area contributed by atoms with Crippen LogP contribution in [0.4, 0.5) is 27.6 Å². The zero-order valence-corrected chi connectivity index (χ0v) is 28.8. The third kappa shape index (κ3) is 4.77. The molecule has 4 aromatic carbocycles. The van der Waals surface area contributed by atoms with E-state index in [2.05, 4.69) is 0 Å². The molecule has 5 aromatic rings. The standard InChI is InChI=1S/C37H23Cl2F5N4O6/c38-36-16-23-21(13-14-45-34(52)46(35(53)48(23)45)19-9-5-2-6-10-19)25(22-12-11-20(15-24(22)49)54-17-18-7-3-1-4-8-18)37(36,39)33(51)47(32(36)50)31-29(43)27(41)26(40)28(42)30(31)44/h1-13,15,23,25,49H,14,16-17H2. The summed E-state index contributed by atoms with van der Waals surface area (Å²) in [5.74, 6) is -17.9. The number of halogens is 7. The van der Waals surface area contributed by atoms with E-state index in [1.807, 2.05) is 6.07 Å². The van der Waals surface area contributed by atoms with Gasteiger partial charge in [-0.3, -0.25) is 9.59 Å². The number of nitrogens with zero attached hydrogens (tertiary/aromatic N) is 4. The number of amides is 2. The first-order valence-electron chi connectivity index (χ1n) is 16.2. The van der Waals surface area contributed by atoms with Crippen LogP contribution in [0.25, 0.3) is 5.69 Å². The summed E-state index contributed by atoms with van der Waals surface area (Å²) < 4.78 is 82.4. The van der Waals surface area contributed by atoms with Gasteiger partial charge in [0.05, 0.1) is 18.3 Å². The second-order valence-electron chi connectivity index (χ2n) is 12.9. The number of para-hydroxylation sites is 1. The van der Waals surface area contributed by atoms with Gasteiger partial charge in [-0.2, -0.15) is 0 Å². The van der Waals surface area contributed by atoms with Gasteiger partial charge in [-0.05, 0) is 29.3 Å². The Morgan fingerprint density at radius 2 is 1.39 bits per heavy atom. The minimum absolute atomic E-state index is 0.0854. The monoisotopic (exact) mass is 784 g/mol. The second kappa shape index (κ2) is 12.5. The Labute approximate surface area is 310 Å². The number of phenolic OH excluding ortho intramolecular Hbond substituents is 1. The first kappa shape index (κ1) is 35.4. The number of fused-ring (bicyclic) bond motifs is 4. The molecule has 4 atom stereocenters. The molecule has 54 heavy (non-hydrogen) atoms. The van der Waals surface area contributed by atoms with E-state index in [4.69, 9.17) is 27.9 Å². The maximum atomic E-state index is 15.3. The Balaban J connectivity index is 1.32. The number of anilines is 1. The lowest BCUT2D eigenvalue weighted by atomic mass is 9.64. The zero-order valence-electron chi connectivity index (χ0n) is 27.3. The largest absolute Gasteiger partial charge is 0.508 e. The Hall–Kier alpha value is -5.67. The van der Waals surface area contributed by atoms with Crippen molar-refractivity contribution < 1.29 is 41.4 Å². The summed E-state index contributed by atoms with van der Waals surface area (Å²) in [6.45, 7) is -0.204. The van der Waals surface area contributed by atoms with Crippen LogP contribution in [0.2, 0.25) is 0 Å². The molecule has 3 heterocycles. The van der Waals surface area contributed by atoms with Crippen molar-refractivity contribution in [3.8, 4) is 17.2 Å². The summed E-state index contributed by atoms with van der Waals surface area (Å²) in [7, 11) is 0. The molecule has 10 nitrogen and oxygen atoms in total. The molecule has 8 rings (SSSR count). The molecule has 0 radical (unpaired) electrons. The van der Waals surface area contributed by atoms with Crippen molar-refractivity contribution >= 4 is 40.7 Å². The molecule has 4 unspecified atom stereocenters. The molecule has 1 N–H and O–H groups in total. The van der Waals surface area contributed by atoms with Crippen molar-refractivity contribution in [2.45, 2.75) is 41.3 Å². The molecule has 3 aliphatic rings. The van der Waals surface area contributed by atoms with Crippen LogP contribution in [0.5, 0.6) is 11.5 Å². The van der Waals surface area contributed by atoms with E-state index in [9.17, 15) is 37.5 Å². The number of benzene rings is 4. The summed E-state index contributed by atoms with van der Waals surface area (Å²) in [5, 5.41) is 11.5. The summed E-state index contributed by atoms with van der Waals surface area (Å²) in [6.07, 6.45) is 0.651. The lowest BCUT2D eigenvalue weighted by Crippen LogP contribution is -2.59. The summed E-state index contributed by atoms with van der Waals surface area (Å²) >= 11 is 14.3. The highest BCUT2D eigenvalue weighted by molar-refractivity contribution is 6.58. The normalized spacial score (nSPS) is 23.2. The highest BCUT2D eigenvalue weighted by Gasteiger charge is 2.76. The van der Waals surface area contributed by atoms with Gasteiger partial charge in [0.1, 0.15) is 23.8 Å². The fourth-order valence-electron chi connectivity index (χ4n) is 7.57. The first-order chi connectivity index (χ1) is 25.7. The Morgan fingerprint density at radius 1 is 0.778 bits per heavy atom. The minimum Gasteiger partial charge on any atom is -0.508 e. The van der Waals surface area contributed by atoms with Crippen molar-refractivity contribution in [3.63, 3.8) is 0 Å². The molecule has 1 saturated carbocycles. The van der Waals surface area contributed by atoms with Crippen LogP contribution < -0.4 is 21.0 Å². The number of hydrogen-bond acceptors (Lipinski definition) is 6. The predicted molar refractivity (Wildman–Crippen MR) is 184 cm³/mol. The van der Waals surface area contributed by atoms with Crippen molar-refractivity contribution in [1.29, 1.82) is 0 Å². The molecule has 2 aliphatic heterocycles.